The Labute approximate surface area is 122 Å². The van der Waals surface area contributed by atoms with Crippen molar-refractivity contribution < 1.29 is 9.84 Å². The predicted octanol–water partition coefficient (Wildman–Crippen LogP) is 2.48. The van der Waals surface area contributed by atoms with E-state index in [1.807, 2.05) is 6.07 Å². The van der Waals surface area contributed by atoms with Gasteiger partial charge in [0.25, 0.3) is 0 Å². The molecule has 2 rings (SSSR count). The van der Waals surface area contributed by atoms with E-state index in [-0.39, 0.29) is 11.6 Å². The number of aryl methyl sites for hydroxylation is 1. The molecule has 112 valence electrons. The molecule has 1 aromatic rings. The van der Waals surface area contributed by atoms with E-state index in [1.165, 1.54) is 5.56 Å². The largest absolute Gasteiger partial charge is 0.391 e. The van der Waals surface area contributed by atoms with Gasteiger partial charge in [-0.25, -0.2) is 0 Å². The lowest BCUT2D eigenvalue weighted by molar-refractivity contribution is -0.0641. The highest BCUT2D eigenvalue weighted by molar-refractivity contribution is 5.14. The fourth-order valence-electron chi connectivity index (χ4n) is 2.85. The number of aliphatic hydroxyl groups excluding tert-OH is 1. The summed E-state index contributed by atoms with van der Waals surface area (Å²) in [6.45, 7) is 7.68. The zero-order valence-electron chi connectivity index (χ0n) is 12.7. The number of aliphatic hydroxyl groups is 1. The molecule has 1 heterocycles. The van der Waals surface area contributed by atoms with Gasteiger partial charge in [-0.3, -0.25) is 4.90 Å². The lowest BCUT2D eigenvalue weighted by Gasteiger charge is -2.43. The molecule has 1 saturated heterocycles. The van der Waals surface area contributed by atoms with Crippen LogP contribution in [-0.2, 0) is 11.2 Å². The monoisotopic (exact) mass is 277 g/mol. The molecule has 0 bridgehead atoms. The van der Waals surface area contributed by atoms with Gasteiger partial charge in [0.05, 0.1) is 19.3 Å². The van der Waals surface area contributed by atoms with Crippen LogP contribution in [0.2, 0.25) is 0 Å². The van der Waals surface area contributed by atoms with Gasteiger partial charge in [-0.15, -0.1) is 0 Å². The number of ether oxygens (including phenoxy) is 1. The first-order valence-electron chi connectivity index (χ1n) is 7.65. The second-order valence-electron chi connectivity index (χ2n) is 6.15. The van der Waals surface area contributed by atoms with Gasteiger partial charge in [0.15, 0.2) is 0 Å². The van der Waals surface area contributed by atoms with Crippen molar-refractivity contribution in [3.63, 3.8) is 0 Å². The number of rotatable bonds is 6. The van der Waals surface area contributed by atoms with Crippen LogP contribution in [-0.4, -0.2) is 48.0 Å². The summed E-state index contributed by atoms with van der Waals surface area (Å²) in [4.78, 5) is 2.35. The van der Waals surface area contributed by atoms with E-state index >= 15 is 0 Å². The summed E-state index contributed by atoms with van der Waals surface area (Å²) in [5.74, 6) is 0. The molecule has 3 nitrogen and oxygen atoms in total. The molecule has 0 aromatic heterocycles. The third kappa shape index (κ3) is 4.05. The minimum absolute atomic E-state index is 0.166. The van der Waals surface area contributed by atoms with E-state index in [0.717, 1.165) is 45.6 Å². The van der Waals surface area contributed by atoms with Crippen LogP contribution in [0, 0.1) is 0 Å². The molecule has 1 aliphatic rings. The molecule has 1 aliphatic heterocycles. The first-order chi connectivity index (χ1) is 9.60. The molecule has 0 saturated carbocycles. The van der Waals surface area contributed by atoms with Gasteiger partial charge in [-0.05, 0) is 38.7 Å². The highest BCUT2D eigenvalue weighted by atomic mass is 16.5. The van der Waals surface area contributed by atoms with E-state index in [2.05, 4.69) is 43.0 Å². The van der Waals surface area contributed by atoms with Crippen molar-refractivity contribution >= 4 is 0 Å². The van der Waals surface area contributed by atoms with Crippen molar-refractivity contribution in [1.29, 1.82) is 0 Å². The zero-order chi connectivity index (χ0) is 14.4. The number of nitrogens with zero attached hydrogens (tertiary/aromatic N) is 1. The highest BCUT2D eigenvalue weighted by Crippen LogP contribution is 2.24. The molecule has 1 fully saturated rings. The van der Waals surface area contributed by atoms with Crippen LogP contribution in [0.3, 0.4) is 0 Å². The summed E-state index contributed by atoms with van der Waals surface area (Å²) in [5.41, 5.74) is 1.18. The number of hydrogen-bond donors (Lipinski definition) is 1. The normalized spacial score (nSPS) is 18.9. The fourth-order valence-corrected chi connectivity index (χ4v) is 2.85. The molecule has 1 N–H and O–H groups in total. The average molecular weight is 277 g/mol. The number of benzene rings is 1. The third-order valence-corrected chi connectivity index (χ3v) is 4.43. The molecule has 0 radical (unpaired) electrons. The van der Waals surface area contributed by atoms with Gasteiger partial charge < -0.3 is 9.84 Å². The first-order valence-corrected chi connectivity index (χ1v) is 7.65. The van der Waals surface area contributed by atoms with E-state index in [0.29, 0.717) is 0 Å². The van der Waals surface area contributed by atoms with Gasteiger partial charge in [0, 0.05) is 18.6 Å². The van der Waals surface area contributed by atoms with Crippen LogP contribution in [0.25, 0.3) is 0 Å². The molecule has 1 atom stereocenters. The van der Waals surface area contributed by atoms with Gasteiger partial charge in [-0.1, -0.05) is 30.3 Å². The number of hydrogen-bond acceptors (Lipinski definition) is 3. The molecule has 1 unspecified atom stereocenters. The fraction of sp³-hybridized carbons (Fsp3) is 0.647. The molecule has 0 amide bonds. The summed E-state index contributed by atoms with van der Waals surface area (Å²) in [6, 6.07) is 10.5. The van der Waals surface area contributed by atoms with Crippen molar-refractivity contribution in [2.45, 2.75) is 44.8 Å². The van der Waals surface area contributed by atoms with Gasteiger partial charge in [0.1, 0.15) is 0 Å². The third-order valence-electron chi connectivity index (χ3n) is 4.43. The van der Waals surface area contributed by atoms with E-state index in [1.54, 1.807) is 0 Å². The Hall–Kier alpha value is -0.900. The SMILES string of the molecule is CC(C)(C(O)CCCc1ccccc1)N1CCOCC1. The predicted molar refractivity (Wildman–Crippen MR) is 81.9 cm³/mol. The molecular formula is C17H27NO2. The van der Waals surface area contributed by atoms with Gasteiger partial charge in [0.2, 0.25) is 0 Å². The van der Waals surface area contributed by atoms with Crippen LogP contribution < -0.4 is 0 Å². The van der Waals surface area contributed by atoms with Crippen LogP contribution >= 0.6 is 0 Å². The smallest absolute Gasteiger partial charge is 0.0718 e. The van der Waals surface area contributed by atoms with Crippen molar-refractivity contribution in [3.05, 3.63) is 35.9 Å². The van der Waals surface area contributed by atoms with Crippen molar-refractivity contribution in [2.75, 3.05) is 26.3 Å². The van der Waals surface area contributed by atoms with Crippen molar-refractivity contribution in [2.24, 2.45) is 0 Å². The second kappa shape index (κ2) is 7.21. The summed E-state index contributed by atoms with van der Waals surface area (Å²) in [5, 5.41) is 10.5. The zero-order valence-corrected chi connectivity index (χ0v) is 12.7. The van der Waals surface area contributed by atoms with Gasteiger partial charge in [-0.2, -0.15) is 0 Å². The maximum absolute atomic E-state index is 10.5. The Balaban J connectivity index is 1.79. The van der Waals surface area contributed by atoms with Crippen LogP contribution in [0.4, 0.5) is 0 Å². The minimum Gasteiger partial charge on any atom is -0.391 e. The summed E-state index contributed by atoms with van der Waals surface area (Å²) in [6.07, 6.45) is 2.62. The quantitative estimate of drug-likeness (QED) is 0.867. The molecule has 20 heavy (non-hydrogen) atoms. The van der Waals surface area contributed by atoms with Crippen LogP contribution in [0.1, 0.15) is 32.3 Å². The van der Waals surface area contributed by atoms with E-state index in [4.69, 9.17) is 4.74 Å². The average Bonchev–Trinajstić information content (AvgIpc) is 2.49. The summed E-state index contributed by atoms with van der Waals surface area (Å²) in [7, 11) is 0. The molecule has 0 aliphatic carbocycles. The summed E-state index contributed by atoms with van der Waals surface area (Å²) < 4.78 is 5.39. The molecule has 3 heteroatoms. The minimum atomic E-state index is -0.288. The second-order valence-corrected chi connectivity index (χ2v) is 6.15. The maximum Gasteiger partial charge on any atom is 0.0718 e. The summed E-state index contributed by atoms with van der Waals surface area (Å²) >= 11 is 0. The lowest BCUT2D eigenvalue weighted by atomic mass is 9.90. The molecular weight excluding hydrogens is 250 g/mol. The lowest BCUT2D eigenvalue weighted by Crippen LogP contribution is -2.56. The van der Waals surface area contributed by atoms with Crippen LogP contribution in [0.5, 0.6) is 0 Å². The van der Waals surface area contributed by atoms with Gasteiger partial charge >= 0.3 is 0 Å². The van der Waals surface area contributed by atoms with Crippen molar-refractivity contribution in [1.82, 2.24) is 4.90 Å². The topological polar surface area (TPSA) is 32.7 Å². The maximum atomic E-state index is 10.5. The first kappa shape index (κ1) is 15.5. The number of morpholine rings is 1. The highest BCUT2D eigenvalue weighted by Gasteiger charge is 2.34. The Morgan fingerprint density at radius 3 is 2.50 bits per heavy atom. The Kier molecular flexibility index (Phi) is 5.58. The Bertz CT molecular complexity index is 385. The molecule has 0 spiro atoms. The van der Waals surface area contributed by atoms with E-state index in [9.17, 15) is 5.11 Å². The molecule has 1 aromatic carbocycles. The van der Waals surface area contributed by atoms with Crippen LogP contribution in [0.15, 0.2) is 30.3 Å². The standard InChI is InChI=1S/C17H27NO2/c1-17(2,18-11-13-20-14-12-18)16(19)10-6-9-15-7-4-3-5-8-15/h3-5,7-8,16,19H,6,9-14H2,1-2H3. The van der Waals surface area contributed by atoms with Crippen molar-refractivity contribution in [3.8, 4) is 0 Å². The Morgan fingerprint density at radius 2 is 1.85 bits per heavy atom. The Morgan fingerprint density at radius 1 is 1.20 bits per heavy atom. The van der Waals surface area contributed by atoms with E-state index < -0.39 is 0 Å².